The summed E-state index contributed by atoms with van der Waals surface area (Å²) in [6.07, 6.45) is 1.48. The normalized spacial score (nSPS) is 11.9. The highest BCUT2D eigenvalue weighted by Crippen LogP contribution is 2.26. The molecule has 0 fully saturated rings. The number of amides is 1. The first-order valence-electron chi connectivity index (χ1n) is 7.80. The van der Waals surface area contributed by atoms with Crippen molar-refractivity contribution >= 4 is 23.3 Å². The van der Waals surface area contributed by atoms with E-state index in [2.05, 4.69) is 31.1 Å². The summed E-state index contributed by atoms with van der Waals surface area (Å²) in [6, 6.07) is 11.1. The molecule has 0 radical (unpaired) electrons. The van der Waals surface area contributed by atoms with Gasteiger partial charge < -0.3 is 10.1 Å². The number of carbonyl (C=O) groups is 1. The van der Waals surface area contributed by atoms with Crippen molar-refractivity contribution < 1.29 is 9.53 Å². The van der Waals surface area contributed by atoms with Gasteiger partial charge in [0.1, 0.15) is 11.6 Å². The van der Waals surface area contributed by atoms with Crippen molar-refractivity contribution in [2.24, 2.45) is 0 Å². The molecule has 1 N–H and O–H groups in total. The fourth-order valence-corrected chi connectivity index (χ4v) is 2.19. The Balaban J connectivity index is 2.06. The highest BCUT2D eigenvalue weighted by Gasteiger charge is 2.30. The van der Waals surface area contributed by atoms with E-state index in [1.807, 2.05) is 24.3 Å². The van der Waals surface area contributed by atoms with Crippen LogP contribution in [0, 0.1) is 0 Å². The minimum atomic E-state index is -1.04. The van der Waals surface area contributed by atoms with E-state index in [9.17, 15) is 4.79 Å². The lowest BCUT2D eigenvalue weighted by molar-refractivity contribution is -0.128. The fraction of sp³-hybridized carbons (Fsp3) is 0.368. The summed E-state index contributed by atoms with van der Waals surface area (Å²) < 4.78 is 5.86. The number of hydrogen-bond acceptors (Lipinski definition) is 3. The molecule has 4 nitrogen and oxygen atoms in total. The summed E-state index contributed by atoms with van der Waals surface area (Å²) in [5.74, 6) is 0.800. The van der Waals surface area contributed by atoms with E-state index in [1.54, 1.807) is 26.0 Å². The first kappa shape index (κ1) is 18.3. The molecule has 24 heavy (non-hydrogen) atoms. The van der Waals surface area contributed by atoms with Crippen molar-refractivity contribution in [2.75, 3.05) is 5.32 Å². The van der Waals surface area contributed by atoms with Gasteiger partial charge in [-0.05, 0) is 49.1 Å². The maximum atomic E-state index is 12.4. The van der Waals surface area contributed by atoms with Crippen molar-refractivity contribution in [3.8, 4) is 5.75 Å². The van der Waals surface area contributed by atoms with Crippen LogP contribution in [0.25, 0.3) is 0 Å². The van der Waals surface area contributed by atoms with Crippen LogP contribution < -0.4 is 10.1 Å². The van der Waals surface area contributed by atoms with E-state index in [4.69, 9.17) is 16.3 Å². The molecule has 2 aromatic rings. The van der Waals surface area contributed by atoms with Crippen molar-refractivity contribution in [3.05, 3.63) is 53.2 Å². The monoisotopic (exact) mass is 346 g/mol. The number of carbonyl (C=O) groups excluding carboxylic acids is 1. The molecule has 1 aromatic heterocycles. The van der Waals surface area contributed by atoms with Gasteiger partial charge in [0.2, 0.25) is 0 Å². The molecular weight excluding hydrogens is 324 g/mol. The van der Waals surface area contributed by atoms with Gasteiger partial charge in [-0.3, -0.25) is 4.79 Å². The summed E-state index contributed by atoms with van der Waals surface area (Å²) in [5, 5.41) is 3.25. The van der Waals surface area contributed by atoms with Crippen molar-refractivity contribution in [3.63, 3.8) is 0 Å². The minimum Gasteiger partial charge on any atom is -0.478 e. The average Bonchev–Trinajstić information content (AvgIpc) is 2.48. The highest BCUT2D eigenvalue weighted by atomic mass is 35.5. The Hall–Kier alpha value is -2.07. The topological polar surface area (TPSA) is 51.2 Å². The van der Waals surface area contributed by atoms with Crippen molar-refractivity contribution in [1.29, 1.82) is 0 Å². The standard InChI is InChI=1S/C19H23ClN2O2/c1-18(2,3)13-6-9-15(10-7-13)24-19(4,5)17(23)22-16-11-8-14(20)12-21-16/h6-12H,1-5H3,(H,21,22,23). The number of pyridine rings is 1. The van der Waals surface area contributed by atoms with Crippen molar-refractivity contribution in [1.82, 2.24) is 4.98 Å². The number of anilines is 1. The second kappa shape index (κ2) is 6.81. The van der Waals surface area contributed by atoms with E-state index in [0.717, 1.165) is 0 Å². The third-order valence-electron chi connectivity index (χ3n) is 3.61. The number of nitrogens with one attached hydrogen (secondary N) is 1. The molecule has 0 saturated carbocycles. The lowest BCUT2D eigenvalue weighted by Gasteiger charge is -2.26. The summed E-state index contributed by atoms with van der Waals surface area (Å²) in [4.78, 5) is 16.5. The van der Waals surface area contributed by atoms with Crippen LogP contribution in [-0.4, -0.2) is 16.5 Å². The van der Waals surface area contributed by atoms with Crippen LogP contribution in [0.4, 0.5) is 5.82 Å². The Morgan fingerprint density at radius 1 is 1.04 bits per heavy atom. The van der Waals surface area contributed by atoms with Gasteiger partial charge in [0.25, 0.3) is 5.91 Å². The number of rotatable bonds is 4. The van der Waals surface area contributed by atoms with Gasteiger partial charge >= 0.3 is 0 Å². The van der Waals surface area contributed by atoms with Gasteiger partial charge in [0.15, 0.2) is 5.60 Å². The molecule has 128 valence electrons. The van der Waals surface area contributed by atoms with E-state index in [-0.39, 0.29) is 11.3 Å². The zero-order valence-corrected chi connectivity index (χ0v) is 15.4. The third kappa shape index (κ3) is 4.71. The quantitative estimate of drug-likeness (QED) is 0.862. The molecule has 0 spiro atoms. The largest absolute Gasteiger partial charge is 0.478 e. The second-order valence-electron chi connectivity index (χ2n) is 7.20. The summed E-state index contributed by atoms with van der Waals surface area (Å²) >= 11 is 5.79. The SMILES string of the molecule is CC(C)(Oc1ccc(C(C)(C)C)cc1)C(=O)Nc1ccc(Cl)cn1. The minimum absolute atomic E-state index is 0.0751. The molecule has 2 rings (SSSR count). The van der Waals surface area contributed by atoms with Gasteiger partial charge in [0.05, 0.1) is 5.02 Å². The molecule has 5 heteroatoms. The zero-order valence-electron chi connectivity index (χ0n) is 14.7. The average molecular weight is 347 g/mol. The second-order valence-corrected chi connectivity index (χ2v) is 7.64. The predicted molar refractivity (Wildman–Crippen MR) is 97.7 cm³/mol. The number of nitrogens with zero attached hydrogens (tertiary/aromatic N) is 1. The Bertz CT molecular complexity index is 702. The van der Waals surface area contributed by atoms with E-state index < -0.39 is 5.60 Å². The molecule has 1 aromatic carbocycles. The highest BCUT2D eigenvalue weighted by molar-refractivity contribution is 6.30. The first-order valence-corrected chi connectivity index (χ1v) is 8.18. The lowest BCUT2D eigenvalue weighted by atomic mass is 9.87. The number of ether oxygens (including phenoxy) is 1. The lowest BCUT2D eigenvalue weighted by Crippen LogP contribution is -2.42. The molecule has 0 atom stereocenters. The van der Waals surface area contributed by atoms with Gasteiger partial charge in [-0.15, -0.1) is 0 Å². The van der Waals surface area contributed by atoms with Gasteiger partial charge in [0, 0.05) is 6.20 Å². The molecular formula is C19H23ClN2O2. The Morgan fingerprint density at radius 3 is 2.17 bits per heavy atom. The number of benzene rings is 1. The van der Waals surface area contributed by atoms with Crippen LogP contribution in [0.1, 0.15) is 40.2 Å². The van der Waals surface area contributed by atoms with Crippen LogP contribution >= 0.6 is 11.6 Å². The number of hydrogen-bond donors (Lipinski definition) is 1. The molecule has 0 saturated heterocycles. The summed E-state index contributed by atoms with van der Waals surface area (Å²) in [7, 11) is 0. The fourth-order valence-electron chi connectivity index (χ4n) is 2.08. The Morgan fingerprint density at radius 2 is 1.67 bits per heavy atom. The van der Waals surface area contributed by atoms with Crippen LogP contribution in [0.15, 0.2) is 42.6 Å². The Kier molecular flexibility index (Phi) is 5.19. The third-order valence-corrected chi connectivity index (χ3v) is 3.83. The van der Waals surface area contributed by atoms with Gasteiger partial charge in [-0.2, -0.15) is 0 Å². The van der Waals surface area contributed by atoms with Crippen molar-refractivity contribution in [2.45, 2.75) is 45.6 Å². The van der Waals surface area contributed by atoms with Crippen LogP contribution in [0.2, 0.25) is 5.02 Å². The zero-order chi connectivity index (χ0) is 18.0. The summed E-state index contributed by atoms with van der Waals surface area (Å²) in [6.45, 7) is 9.89. The van der Waals surface area contributed by atoms with E-state index in [1.165, 1.54) is 11.8 Å². The predicted octanol–water partition coefficient (Wildman–Crippen LogP) is 4.83. The van der Waals surface area contributed by atoms with E-state index in [0.29, 0.717) is 16.6 Å². The molecule has 0 aliphatic rings. The first-order chi connectivity index (χ1) is 11.1. The molecule has 1 heterocycles. The maximum Gasteiger partial charge on any atom is 0.269 e. The molecule has 0 unspecified atom stereocenters. The number of halogens is 1. The van der Waals surface area contributed by atoms with Gasteiger partial charge in [-0.1, -0.05) is 44.5 Å². The Labute approximate surface area is 148 Å². The molecule has 1 amide bonds. The van der Waals surface area contributed by atoms with Crippen LogP contribution in [-0.2, 0) is 10.2 Å². The molecule has 0 bridgehead atoms. The molecule has 0 aliphatic heterocycles. The molecule has 0 aliphatic carbocycles. The van der Waals surface area contributed by atoms with Crippen LogP contribution in [0.3, 0.4) is 0 Å². The van der Waals surface area contributed by atoms with E-state index >= 15 is 0 Å². The smallest absolute Gasteiger partial charge is 0.269 e. The number of aromatic nitrogens is 1. The maximum absolute atomic E-state index is 12.4. The summed E-state index contributed by atoms with van der Waals surface area (Å²) in [5.41, 5.74) is 0.249. The van der Waals surface area contributed by atoms with Gasteiger partial charge in [-0.25, -0.2) is 4.98 Å². The van der Waals surface area contributed by atoms with Crippen LogP contribution in [0.5, 0.6) is 5.75 Å².